The Balaban J connectivity index is 2.00. The molecule has 2 amide bonds. The van der Waals surface area contributed by atoms with Crippen LogP contribution in [-0.4, -0.2) is 42.2 Å². The van der Waals surface area contributed by atoms with Crippen LogP contribution in [0.3, 0.4) is 0 Å². The van der Waals surface area contributed by atoms with Crippen molar-refractivity contribution in [2.45, 2.75) is 51.1 Å². The molecule has 1 atom stereocenters. The highest BCUT2D eigenvalue weighted by Gasteiger charge is 2.24. The maximum atomic E-state index is 12.5. The van der Waals surface area contributed by atoms with Gasteiger partial charge in [0.25, 0.3) is 0 Å². The molecule has 0 aliphatic carbocycles. The predicted molar refractivity (Wildman–Crippen MR) is 86.6 cm³/mol. The van der Waals surface area contributed by atoms with E-state index in [1.54, 1.807) is 6.20 Å². The summed E-state index contributed by atoms with van der Waals surface area (Å²) in [5, 5.41) is 3.13. The van der Waals surface area contributed by atoms with E-state index in [4.69, 9.17) is 4.74 Å². The van der Waals surface area contributed by atoms with E-state index in [9.17, 15) is 4.79 Å². The summed E-state index contributed by atoms with van der Waals surface area (Å²) in [5.41, 5.74) is 1.10. The Morgan fingerprint density at radius 3 is 2.91 bits per heavy atom. The quantitative estimate of drug-likeness (QED) is 0.878. The van der Waals surface area contributed by atoms with Crippen molar-refractivity contribution in [1.82, 2.24) is 15.2 Å². The Hall–Kier alpha value is -1.62. The fraction of sp³-hybridized carbons (Fsp3) is 0.647. The zero-order valence-corrected chi connectivity index (χ0v) is 13.6. The maximum absolute atomic E-state index is 12.5. The van der Waals surface area contributed by atoms with E-state index in [2.05, 4.69) is 17.2 Å². The Bertz CT molecular complexity index is 446. The zero-order chi connectivity index (χ0) is 15.8. The van der Waals surface area contributed by atoms with Crippen molar-refractivity contribution >= 4 is 6.03 Å². The number of nitrogens with one attached hydrogen (secondary N) is 1. The fourth-order valence-corrected chi connectivity index (χ4v) is 2.81. The molecule has 0 spiro atoms. The average molecular weight is 305 g/mol. The maximum Gasteiger partial charge on any atom is 0.317 e. The molecule has 1 aliphatic heterocycles. The number of pyridine rings is 1. The van der Waals surface area contributed by atoms with Gasteiger partial charge < -0.3 is 15.0 Å². The van der Waals surface area contributed by atoms with Crippen LogP contribution in [0, 0.1) is 0 Å². The van der Waals surface area contributed by atoms with E-state index in [0.717, 1.165) is 50.9 Å². The van der Waals surface area contributed by atoms with Gasteiger partial charge in [-0.1, -0.05) is 25.8 Å². The molecule has 0 saturated carbocycles. The number of rotatable bonds is 6. The molecule has 1 aliphatic rings. The summed E-state index contributed by atoms with van der Waals surface area (Å²) in [7, 11) is 1.88. The number of carbonyl (C=O) groups excluding carboxylic acids is 1. The van der Waals surface area contributed by atoms with Crippen LogP contribution in [0.15, 0.2) is 24.5 Å². The van der Waals surface area contributed by atoms with E-state index >= 15 is 0 Å². The second-order valence-corrected chi connectivity index (χ2v) is 5.89. The smallest absolute Gasteiger partial charge is 0.317 e. The number of carbonyl (C=O) groups is 1. The standard InChI is InChI=1S/C17H27N3O2/c1-3-4-7-16(14-6-5-10-18-13-14)20(2)17(21)19-15-8-11-22-12-9-15/h5-6,10,13,15-16H,3-4,7-9,11-12H2,1-2H3,(H,19,21)/t16-/m0/s1. The molecule has 0 unspecified atom stereocenters. The van der Waals surface area contributed by atoms with Crippen LogP contribution < -0.4 is 5.32 Å². The van der Waals surface area contributed by atoms with Gasteiger partial charge in [0.2, 0.25) is 0 Å². The number of unbranched alkanes of at least 4 members (excludes halogenated alkanes) is 1. The Labute approximate surface area is 133 Å². The summed E-state index contributed by atoms with van der Waals surface area (Å²) in [5.74, 6) is 0. The van der Waals surface area contributed by atoms with Gasteiger partial charge in [-0.25, -0.2) is 4.79 Å². The summed E-state index contributed by atoms with van der Waals surface area (Å²) in [6.07, 6.45) is 8.58. The zero-order valence-electron chi connectivity index (χ0n) is 13.6. The van der Waals surface area contributed by atoms with Gasteiger partial charge in [0, 0.05) is 38.7 Å². The molecule has 5 heteroatoms. The van der Waals surface area contributed by atoms with Gasteiger partial charge in [-0.2, -0.15) is 0 Å². The van der Waals surface area contributed by atoms with Crippen molar-refractivity contribution in [1.29, 1.82) is 0 Å². The molecule has 122 valence electrons. The molecule has 1 aromatic heterocycles. The van der Waals surface area contributed by atoms with Crippen molar-refractivity contribution in [3.8, 4) is 0 Å². The van der Waals surface area contributed by atoms with Crippen LogP contribution in [0.25, 0.3) is 0 Å². The van der Waals surface area contributed by atoms with Crippen molar-refractivity contribution in [3.05, 3.63) is 30.1 Å². The number of nitrogens with zero attached hydrogens (tertiary/aromatic N) is 2. The summed E-state index contributed by atoms with van der Waals surface area (Å²) in [4.78, 5) is 18.6. The molecular weight excluding hydrogens is 278 g/mol. The van der Waals surface area contributed by atoms with Crippen LogP contribution in [-0.2, 0) is 4.74 Å². The van der Waals surface area contributed by atoms with Gasteiger partial charge in [0.15, 0.2) is 0 Å². The van der Waals surface area contributed by atoms with Crippen molar-refractivity contribution < 1.29 is 9.53 Å². The van der Waals surface area contributed by atoms with E-state index in [1.807, 2.05) is 30.3 Å². The van der Waals surface area contributed by atoms with Gasteiger partial charge in [-0.05, 0) is 30.9 Å². The van der Waals surface area contributed by atoms with E-state index in [0.29, 0.717) is 0 Å². The SMILES string of the molecule is CCCC[C@@H](c1cccnc1)N(C)C(=O)NC1CCOCC1. The highest BCUT2D eigenvalue weighted by molar-refractivity contribution is 5.74. The summed E-state index contributed by atoms with van der Waals surface area (Å²) in [6.45, 7) is 3.63. The Morgan fingerprint density at radius 1 is 1.50 bits per heavy atom. The van der Waals surface area contributed by atoms with Gasteiger partial charge >= 0.3 is 6.03 Å². The van der Waals surface area contributed by atoms with Crippen molar-refractivity contribution in [2.24, 2.45) is 0 Å². The molecule has 0 aromatic carbocycles. The molecule has 1 fully saturated rings. The second kappa shape index (κ2) is 8.73. The highest BCUT2D eigenvalue weighted by Crippen LogP contribution is 2.25. The lowest BCUT2D eigenvalue weighted by Gasteiger charge is -2.31. The van der Waals surface area contributed by atoms with E-state index in [-0.39, 0.29) is 18.1 Å². The third-order valence-corrected chi connectivity index (χ3v) is 4.24. The van der Waals surface area contributed by atoms with Gasteiger partial charge in [-0.15, -0.1) is 0 Å². The fourth-order valence-electron chi connectivity index (χ4n) is 2.81. The first-order chi connectivity index (χ1) is 10.7. The van der Waals surface area contributed by atoms with Crippen LogP contribution in [0.2, 0.25) is 0 Å². The van der Waals surface area contributed by atoms with Crippen LogP contribution in [0.5, 0.6) is 0 Å². The molecule has 5 nitrogen and oxygen atoms in total. The van der Waals surface area contributed by atoms with Crippen LogP contribution in [0.1, 0.15) is 50.6 Å². The minimum absolute atomic E-state index is 0.00291. The van der Waals surface area contributed by atoms with E-state index < -0.39 is 0 Å². The molecule has 1 saturated heterocycles. The minimum atomic E-state index is -0.00291. The number of amides is 2. The highest BCUT2D eigenvalue weighted by atomic mass is 16.5. The number of ether oxygens (including phenoxy) is 1. The Kier molecular flexibility index (Phi) is 6.65. The minimum Gasteiger partial charge on any atom is -0.381 e. The van der Waals surface area contributed by atoms with Gasteiger partial charge in [-0.3, -0.25) is 4.98 Å². The molecule has 2 heterocycles. The van der Waals surface area contributed by atoms with Crippen molar-refractivity contribution in [2.75, 3.05) is 20.3 Å². The number of aromatic nitrogens is 1. The molecule has 1 aromatic rings. The van der Waals surface area contributed by atoms with Gasteiger partial charge in [0.1, 0.15) is 0 Å². The lowest BCUT2D eigenvalue weighted by molar-refractivity contribution is 0.0776. The average Bonchev–Trinajstić information content (AvgIpc) is 2.57. The third-order valence-electron chi connectivity index (χ3n) is 4.24. The number of hydrogen-bond donors (Lipinski definition) is 1. The summed E-state index contributed by atoms with van der Waals surface area (Å²) >= 11 is 0. The largest absolute Gasteiger partial charge is 0.381 e. The number of hydrogen-bond acceptors (Lipinski definition) is 3. The first-order valence-electron chi connectivity index (χ1n) is 8.23. The second-order valence-electron chi connectivity index (χ2n) is 5.89. The molecular formula is C17H27N3O2. The lowest BCUT2D eigenvalue weighted by atomic mass is 10.0. The topological polar surface area (TPSA) is 54.5 Å². The molecule has 0 bridgehead atoms. The first kappa shape index (κ1) is 16.7. The summed E-state index contributed by atoms with van der Waals surface area (Å²) < 4.78 is 5.34. The molecule has 22 heavy (non-hydrogen) atoms. The summed E-state index contributed by atoms with van der Waals surface area (Å²) in [6, 6.07) is 4.28. The molecule has 1 N–H and O–H groups in total. The van der Waals surface area contributed by atoms with E-state index in [1.165, 1.54) is 0 Å². The molecule has 2 rings (SSSR count). The predicted octanol–water partition coefficient (Wildman–Crippen LogP) is 3.13. The van der Waals surface area contributed by atoms with Crippen LogP contribution in [0.4, 0.5) is 4.79 Å². The van der Waals surface area contributed by atoms with Crippen LogP contribution >= 0.6 is 0 Å². The normalized spacial score (nSPS) is 17.0. The first-order valence-corrected chi connectivity index (χ1v) is 8.23. The third kappa shape index (κ3) is 4.70. The van der Waals surface area contributed by atoms with Gasteiger partial charge in [0.05, 0.1) is 6.04 Å². The monoisotopic (exact) mass is 305 g/mol. The molecule has 0 radical (unpaired) electrons. The van der Waals surface area contributed by atoms with Crippen molar-refractivity contribution in [3.63, 3.8) is 0 Å². The number of urea groups is 1. The lowest BCUT2D eigenvalue weighted by Crippen LogP contribution is -2.46. The Morgan fingerprint density at radius 2 is 2.27 bits per heavy atom.